The van der Waals surface area contributed by atoms with Crippen LogP contribution < -0.4 is 0 Å². The van der Waals surface area contributed by atoms with E-state index in [-0.39, 0.29) is 13.2 Å². The van der Waals surface area contributed by atoms with Gasteiger partial charge in [0.15, 0.2) is 0 Å². The fraction of sp³-hybridized carbons (Fsp3) is 0.448. The summed E-state index contributed by atoms with van der Waals surface area (Å²) in [4.78, 5) is 10.7. The molecule has 0 bridgehead atoms. The van der Waals surface area contributed by atoms with Crippen molar-refractivity contribution in [1.82, 2.24) is 9.78 Å². The van der Waals surface area contributed by atoms with Gasteiger partial charge in [-0.25, -0.2) is 4.79 Å². The van der Waals surface area contributed by atoms with Gasteiger partial charge in [0, 0.05) is 17.7 Å². The molecule has 192 valence electrons. The number of nitrogens with zero attached hydrogens (tertiary/aromatic N) is 2. The summed E-state index contributed by atoms with van der Waals surface area (Å²) in [5, 5.41) is 33.2. The second kappa shape index (κ2) is 12.8. The van der Waals surface area contributed by atoms with Gasteiger partial charge >= 0.3 is 5.97 Å². The molecule has 1 fully saturated rings. The van der Waals surface area contributed by atoms with Crippen LogP contribution in [0.15, 0.2) is 60.7 Å². The van der Waals surface area contributed by atoms with Crippen molar-refractivity contribution in [3.05, 3.63) is 66.4 Å². The number of aryl methyl sites for hydroxylation is 1. The fourth-order valence-corrected chi connectivity index (χ4v) is 5.15. The summed E-state index contributed by atoms with van der Waals surface area (Å²) >= 11 is 0. The highest BCUT2D eigenvalue weighted by Crippen LogP contribution is 2.38. The van der Waals surface area contributed by atoms with E-state index < -0.39 is 12.1 Å². The maximum absolute atomic E-state index is 10.7. The predicted octanol–water partition coefficient (Wildman–Crippen LogP) is 4.41. The van der Waals surface area contributed by atoms with Gasteiger partial charge in [-0.2, -0.15) is 5.10 Å². The molecule has 1 saturated carbocycles. The number of aromatic nitrogens is 2. The van der Waals surface area contributed by atoms with Gasteiger partial charge in [-0.1, -0.05) is 60.7 Å². The molecule has 7 nitrogen and oxygen atoms in total. The van der Waals surface area contributed by atoms with Crippen LogP contribution in [0.1, 0.15) is 37.8 Å². The van der Waals surface area contributed by atoms with Gasteiger partial charge < -0.3 is 20.1 Å². The first-order valence-corrected chi connectivity index (χ1v) is 12.8. The Balaban J connectivity index is 1.60. The van der Waals surface area contributed by atoms with Crippen molar-refractivity contribution in [1.29, 1.82) is 0 Å². The van der Waals surface area contributed by atoms with Crippen molar-refractivity contribution in [2.75, 3.05) is 19.8 Å². The monoisotopic (exact) mass is 492 g/mol. The predicted molar refractivity (Wildman–Crippen MR) is 138 cm³/mol. The van der Waals surface area contributed by atoms with Crippen molar-refractivity contribution >= 4 is 5.97 Å². The number of carboxylic acids is 1. The van der Waals surface area contributed by atoms with Crippen LogP contribution in [0.25, 0.3) is 22.4 Å². The molecule has 1 aromatic heterocycles. The molecule has 0 radical (unpaired) electrons. The zero-order valence-corrected chi connectivity index (χ0v) is 20.6. The van der Waals surface area contributed by atoms with Gasteiger partial charge in [-0.3, -0.25) is 4.68 Å². The summed E-state index contributed by atoms with van der Waals surface area (Å²) in [5.41, 5.74) is 5.30. The molecule has 7 heteroatoms. The molecule has 1 atom stereocenters. The lowest BCUT2D eigenvalue weighted by Crippen LogP contribution is -2.23. The summed E-state index contributed by atoms with van der Waals surface area (Å²) in [6.07, 6.45) is 4.40. The third-order valence-corrected chi connectivity index (χ3v) is 7.04. The molecule has 36 heavy (non-hydrogen) atoms. The van der Waals surface area contributed by atoms with Crippen LogP contribution in [0.2, 0.25) is 0 Å². The molecule has 3 N–H and O–H groups in total. The largest absolute Gasteiger partial charge is 0.480 e. The number of hydrogen-bond acceptors (Lipinski definition) is 5. The number of aliphatic hydroxyl groups excluding tert-OH is 2. The van der Waals surface area contributed by atoms with Gasteiger partial charge in [-0.05, 0) is 55.9 Å². The Hall–Kier alpha value is -3.00. The van der Waals surface area contributed by atoms with Crippen molar-refractivity contribution in [3.8, 4) is 22.4 Å². The van der Waals surface area contributed by atoms with Gasteiger partial charge in [0.25, 0.3) is 0 Å². The summed E-state index contributed by atoms with van der Waals surface area (Å²) in [6, 6.07) is 20.6. The lowest BCUT2D eigenvalue weighted by Gasteiger charge is -2.28. The van der Waals surface area contributed by atoms with Crippen molar-refractivity contribution < 1.29 is 24.9 Å². The minimum Gasteiger partial charge on any atom is -0.480 e. The summed E-state index contributed by atoms with van der Waals surface area (Å²) in [6.45, 7) is 0.816. The molecule has 0 amide bonds. The van der Waals surface area contributed by atoms with E-state index in [1.807, 2.05) is 36.4 Å². The van der Waals surface area contributed by atoms with E-state index in [1.165, 1.54) is 0 Å². The standard InChI is InChI=1S/C29H36N2O5/c32-18-25(33)15-16-26-28(23-7-3-1-4-8-23)29(24-9-5-2-6-10-24)31(30-26)17-21-11-13-22(14-12-21)19-36-20-27(34)35/h1-10,21-22,25,32-33H,11-20H2,(H,34,35)/t21?,22?,25-/m0/s1. The van der Waals surface area contributed by atoms with Gasteiger partial charge in [0.05, 0.1) is 30.7 Å². The van der Waals surface area contributed by atoms with Gasteiger partial charge in [-0.15, -0.1) is 0 Å². The molecule has 2 aromatic carbocycles. The Kier molecular flexibility index (Phi) is 9.28. The van der Waals surface area contributed by atoms with Crippen molar-refractivity contribution in [2.45, 2.75) is 51.2 Å². The van der Waals surface area contributed by atoms with E-state index in [9.17, 15) is 15.0 Å². The Labute approximate surface area is 212 Å². The molecule has 3 aromatic rings. The minimum atomic E-state index is -0.924. The number of rotatable bonds is 12. The fourth-order valence-electron chi connectivity index (χ4n) is 5.15. The van der Waals surface area contributed by atoms with Crippen LogP contribution in [0.4, 0.5) is 0 Å². The Morgan fingerprint density at radius 2 is 1.58 bits per heavy atom. The van der Waals surface area contributed by atoms with Crippen molar-refractivity contribution in [2.24, 2.45) is 11.8 Å². The summed E-state index contributed by atoms with van der Waals surface area (Å²) < 4.78 is 7.48. The van der Waals surface area contributed by atoms with E-state index in [2.05, 4.69) is 28.9 Å². The molecule has 1 aliphatic carbocycles. The van der Waals surface area contributed by atoms with Crippen molar-refractivity contribution in [3.63, 3.8) is 0 Å². The lowest BCUT2D eigenvalue weighted by atomic mass is 9.82. The van der Waals surface area contributed by atoms with E-state index >= 15 is 0 Å². The number of ether oxygens (including phenoxy) is 1. The van der Waals surface area contributed by atoms with Gasteiger partial charge in [0.1, 0.15) is 6.61 Å². The smallest absolute Gasteiger partial charge is 0.329 e. The minimum absolute atomic E-state index is 0.232. The number of carboxylic acid groups (broad SMARTS) is 1. The second-order valence-corrected chi connectivity index (χ2v) is 9.76. The van der Waals surface area contributed by atoms with Crippen LogP contribution in [0.5, 0.6) is 0 Å². The topological polar surface area (TPSA) is 105 Å². The Morgan fingerprint density at radius 3 is 2.19 bits per heavy atom. The van der Waals surface area contributed by atoms with E-state index in [1.54, 1.807) is 0 Å². The average molecular weight is 493 g/mol. The maximum Gasteiger partial charge on any atom is 0.329 e. The first kappa shape index (κ1) is 26.1. The maximum atomic E-state index is 10.7. The number of hydrogen-bond donors (Lipinski definition) is 3. The highest BCUT2D eigenvalue weighted by molar-refractivity contribution is 5.83. The Bertz CT molecular complexity index is 1090. The third kappa shape index (κ3) is 6.81. The van der Waals surface area contributed by atoms with E-state index in [0.717, 1.165) is 60.3 Å². The molecule has 1 heterocycles. The number of aliphatic hydroxyl groups is 2. The van der Waals surface area contributed by atoms with E-state index in [0.29, 0.717) is 31.3 Å². The highest BCUT2D eigenvalue weighted by Gasteiger charge is 2.26. The number of carbonyl (C=O) groups is 1. The first-order valence-electron chi connectivity index (χ1n) is 12.8. The zero-order valence-electron chi connectivity index (χ0n) is 20.6. The lowest BCUT2D eigenvalue weighted by molar-refractivity contribution is -0.142. The molecule has 0 unspecified atom stereocenters. The molecular weight excluding hydrogens is 456 g/mol. The molecule has 0 aliphatic heterocycles. The normalized spacial score (nSPS) is 18.7. The SMILES string of the molecule is O=C(O)COCC1CCC(Cn2nc(CC[C@H](O)CO)c(-c3ccccc3)c2-c2ccccc2)CC1. The van der Waals surface area contributed by atoms with Crippen LogP contribution in [0.3, 0.4) is 0 Å². The second-order valence-electron chi connectivity index (χ2n) is 9.76. The van der Waals surface area contributed by atoms with Crippen LogP contribution >= 0.6 is 0 Å². The third-order valence-electron chi connectivity index (χ3n) is 7.04. The molecular formula is C29H36N2O5. The summed E-state index contributed by atoms with van der Waals surface area (Å²) in [5.74, 6) is -0.0443. The highest BCUT2D eigenvalue weighted by atomic mass is 16.5. The number of benzene rings is 2. The zero-order chi connectivity index (χ0) is 25.3. The average Bonchev–Trinajstić information content (AvgIpc) is 3.27. The van der Waals surface area contributed by atoms with Gasteiger partial charge in [0.2, 0.25) is 0 Å². The Morgan fingerprint density at radius 1 is 0.972 bits per heavy atom. The summed E-state index contributed by atoms with van der Waals surface area (Å²) in [7, 11) is 0. The molecule has 0 spiro atoms. The molecule has 1 aliphatic rings. The van der Waals surface area contributed by atoms with E-state index in [4.69, 9.17) is 14.9 Å². The molecule has 4 rings (SSSR count). The molecule has 0 saturated heterocycles. The quantitative estimate of drug-likeness (QED) is 0.346. The van der Waals surface area contributed by atoms with Crippen LogP contribution in [-0.4, -0.2) is 57.0 Å². The number of aliphatic carboxylic acids is 1. The first-order chi connectivity index (χ1) is 17.5. The van der Waals surface area contributed by atoms with Crippen LogP contribution in [-0.2, 0) is 22.5 Å². The van der Waals surface area contributed by atoms with Crippen LogP contribution in [0, 0.1) is 11.8 Å².